The highest BCUT2D eigenvalue weighted by Gasteiger charge is 2.43. The minimum atomic E-state index is -3.67. The maximum absolute atomic E-state index is 12.9. The lowest BCUT2D eigenvalue weighted by Gasteiger charge is -2.27. The SMILES string of the molecule is O=C(NCN1CCNCC1)c1ccc2c(c1)OC(F)(F)O2. The van der Waals surface area contributed by atoms with Crippen molar-refractivity contribution in [1.82, 2.24) is 15.5 Å². The van der Waals surface area contributed by atoms with Gasteiger partial charge in [0.1, 0.15) is 0 Å². The molecule has 1 aromatic carbocycles. The molecule has 8 heteroatoms. The number of rotatable bonds is 3. The summed E-state index contributed by atoms with van der Waals surface area (Å²) in [6, 6.07) is 3.98. The number of ether oxygens (including phenoxy) is 2. The Balaban J connectivity index is 1.61. The zero-order valence-corrected chi connectivity index (χ0v) is 11.2. The van der Waals surface area contributed by atoms with Crippen LogP contribution in [0, 0.1) is 0 Å². The Kier molecular flexibility index (Phi) is 3.64. The Morgan fingerprint density at radius 2 is 2.00 bits per heavy atom. The number of benzene rings is 1. The van der Waals surface area contributed by atoms with Gasteiger partial charge in [-0.3, -0.25) is 9.69 Å². The van der Waals surface area contributed by atoms with Crippen molar-refractivity contribution in [2.75, 3.05) is 32.8 Å². The number of nitrogens with one attached hydrogen (secondary N) is 2. The van der Waals surface area contributed by atoms with Gasteiger partial charge in [0.2, 0.25) is 0 Å². The van der Waals surface area contributed by atoms with Crippen molar-refractivity contribution in [2.24, 2.45) is 0 Å². The van der Waals surface area contributed by atoms with Gasteiger partial charge in [-0.25, -0.2) is 0 Å². The number of carbonyl (C=O) groups excluding carboxylic acids is 1. The van der Waals surface area contributed by atoms with Crippen molar-refractivity contribution < 1.29 is 23.0 Å². The molecule has 0 radical (unpaired) electrons. The fourth-order valence-corrected chi connectivity index (χ4v) is 2.25. The predicted octanol–water partition coefficient (Wildman–Crippen LogP) is 0.601. The van der Waals surface area contributed by atoms with Crippen LogP contribution in [-0.4, -0.2) is 49.9 Å². The van der Waals surface area contributed by atoms with Gasteiger partial charge in [-0.2, -0.15) is 0 Å². The third-order valence-corrected chi connectivity index (χ3v) is 3.34. The molecule has 3 rings (SSSR count). The summed E-state index contributed by atoms with van der Waals surface area (Å²) in [5.74, 6) is -0.538. The van der Waals surface area contributed by atoms with Gasteiger partial charge >= 0.3 is 6.29 Å². The van der Waals surface area contributed by atoms with Crippen LogP contribution >= 0.6 is 0 Å². The summed E-state index contributed by atoms with van der Waals surface area (Å²) in [7, 11) is 0. The topological polar surface area (TPSA) is 62.8 Å². The first-order chi connectivity index (χ1) is 10.0. The summed E-state index contributed by atoms with van der Waals surface area (Å²) in [4.78, 5) is 14.1. The molecule has 0 bridgehead atoms. The van der Waals surface area contributed by atoms with Crippen LogP contribution in [-0.2, 0) is 0 Å². The van der Waals surface area contributed by atoms with Gasteiger partial charge < -0.3 is 20.1 Å². The molecular formula is C13H15F2N3O3. The van der Waals surface area contributed by atoms with E-state index in [2.05, 4.69) is 25.0 Å². The second-order valence-corrected chi connectivity index (χ2v) is 4.86. The highest BCUT2D eigenvalue weighted by molar-refractivity contribution is 5.94. The number of nitrogens with zero attached hydrogens (tertiary/aromatic N) is 1. The Morgan fingerprint density at radius 1 is 1.29 bits per heavy atom. The largest absolute Gasteiger partial charge is 0.586 e. The molecule has 1 fully saturated rings. The maximum atomic E-state index is 12.9. The molecule has 0 saturated carbocycles. The number of hydrogen-bond donors (Lipinski definition) is 2. The molecule has 0 aliphatic carbocycles. The minimum Gasteiger partial charge on any atom is -0.395 e. The van der Waals surface area contributed by atoms with E-state index in [1.807, 2.05) is 0 Å². The summed E-state index contributed by atoms with van der Waals surface area (Å²) in [5.41, 5.74) is 0.255. The zero-order chi connectivity index (χ0) is 14.9. The molecule has 0 spiro atoms. The van der Waals surface area contributed by atoms with Gasteiger partial charge in [0, 0.05) is 31.7 Å². The van der Waals surface area contributed by atoms with Crippen LogP contribution in [0.25, 0.3) is 0 Å². The van der Waals surface area contributed by atoms with Crippen molar-refractivity contribution in [3.8, 4) is 11.5 Å². The van der Waals surface area contributed by atoms with Gasteiger partial charge in [-0.1, -0.05) is 0 Å². The van der Waals surface area contributed by atoms with E-state index >= 15 is 0 Å². The van der Waals surface area contributed by atoms with Crippen LogP contribution < -0.4 is 20.1 Å². The molecule has 1 aromatic rings. The molecule has 21 heavy (non-hydrogen) atoms. The van der Waals surface area contributed by atoms with Gasteiger partial charge in [-0.15, -0.1) is 8.78 Å². The van der Waals surface area contributed by atoms with Crippen LogP contribution in [0.2, 0.25) is 0 Å². The Morgan fingerprint density at radius 3 is 2.76 bits per heavy atom. The Labute approximate surface area is 120 Å². The first-order valence-electron chi connectivity index (χ1n) is 6.65. The molecule has 0 aromatic heterocycles. The molecule has 1 amide bonds. The number of alkyl halides is 2. The van der Waals surface area contributed by atoms with E-state index < -0.39 is 6.29 Å². The third-order valence-electron chi connectivity index (χ3n) is 3.34. The predicted molar refractivity (Wildman–Crippen MR) is 69.4 cm³/mol. The molecule has 114 valence electrons. The lowest BCUT2D eigenvalue weighted by Crippen LogP contribution is -2.48. The summed E-state index contributed by atoms with van der Waals surface area (Å²) < 4.78 is 34.4. The average molecular weight is 299 g/mol. The number of fused-ring (bicyclic) bond motifs is 1. The van der Waals surface area contributed by atoms with Gasteiger partial charge in [0.05, 0.1) is 6.67 Å². The summed E-state index contributed by atoms with van der Waals surface area (Å²) >= 11 is 0. The van der Waals surface area contributed by atoms with Crippen molar-refractivity contribution in [3.05, 3.63) is 23.8 Å². The second-order valence-electron chi connectivity index (χ2n) is 4.86. The molecule has 0 atom stereocenters. The lowest BCUT2D eigenvalue weighted by molar-refractivity contribution is -0.286. The van der Waals surface area contributed by atoms with E-state index in [1.54, 1.807) is 0 Å². The molecule has 6 nitrogen and oxygen atoms in total. The van der Waals surface area contributed by atoms with Crippen LogP contribution in [0.5, 0.6) is 11.5 Å². The Hall–Kier alpha value is -1.93. The van der Waals surface area contributed by atoms with E-state index in [9.17, 15) is 13.6 Å². The standard InChI is InChI=1S/C13H15F2N3O3/c14-13(15)20-10-2-1-9(7-11(10)21-13)12(19)17-8-18-5-3-16-4-6-18/h1-2,7,16H,3-6,8H2,(H,17,19). The number of halogens is 2. The number of carbonyl (C=O) groups is 1. The third kappa shape index (κ3) is 3.22. The number of amides is 1. The van der Waals surface area contributed by atoms with E-state index in [0.29, 0.717) is 6.67 Å². The minimum absolute atomic E-state index is 0.0707. The van der Waals surface area contributed by atoms with Crippen molar-refractivity contribution in [1.29, 1.82) is 0 Å². The average Bonchev–Trinajstić information content (AvgIpc) is 2.78. The normalized spacial score (nSPS) is 20.3. The van der Waals surface area contributed by atoms with Gasteiger partial charge in [-0.05, 0) is 18.2 Å². The molecule has 2 heterocycles. The van der Waals surface area contributed by atoms with Crippen LogP contribution in [0.4, 0.5) is 8.78 Å². The van der Waals surface area contributed by atoms with E-state index in [0.717, 1.165) is 26.2 Å². The van der Waals surface area contributed by atoms with Gasteiger partial charge in [0.25, 0.3) is 5.91 Å². The highest BCUT2D eigenvalue weighted by atomic mass is 19.3. The quantitative estimate of drug-likeness (QED) is 0.856. The van der Waals surface area contributed by atoms with Crippen molar-refractivity contribution >= 4 is 5.91 Å². The number of piperazine rings is 1. The van der Waals surface area contributed by atoms with E-state index in [1.165, 1.54) is 18.2 Å². The van der Waals surface area contributed by atoms with Crippen LogP contribution in [0.15, 0.2) is 18.2 Å². The molecule has 0 unspecified atom stereocenters. The zero-order valence-electron chi connectivity index (χ0n) is 11.2. The van der Waals surface area contributed by atoms with Gasteiger partial charge in [0.15, 0.2) is 11.5 Å². The van der Waals surface area contributed by atoms with Crippen molar-refractivity contribution in [2.45, 2.75) is 6.29 Å². The second kappa shape index (κ2) is 5.45. The molecule has 1 saturated heterocycles. The fraction of sp³-hybridized carbons (Fsp3) is 0.462. The lowest BCUT2D eigenvalue weighted by atomic mass is 10.2. The summed E-state index contributed by atoms with van der Waals surface area (Å²) in [5, 5.41) is 5.97. The van der Waals surface area contributed by atoms with Crippen LogP contribution in [0.1, 0.15) is 10.4 Å². The monoisotopic (exact) mass is 299 g/mol. The molecular weight excluding hydrogens is 284 g/mol. The van der Waals surface area contributed by atoms with Crippen molar-refractivity contribution in [3.63, 3.8) is 0 Å². The molecule has 2 N–H and O–H groups in total. The van der Waals surface area contributed by atoms with E-state index in [-0.39, 0.29) is 23.0 Å². The fourth-order valence-electron chi connectivity index (χ4n) is 2.25. The first kappa shape index (κ1) is 14.0. The smallest absolute Gasteiger partial charge is 0.395 e. The highest BCUT2D eigenvalue weighted by Crippen LogP contribution is 2.41. The number of hydrogen-bond acceptors (Lipinski definition) is 5. The molecule has 2 aliphatic rings. The maximum Gasteiger partial charge on any atom is 0.586 e. The first-order valence-corrected chi connectivity index (χ1v) is 6.65. The van der Waals surface area contributed by atoms with E-state index in [4.69, 9.17) is 0 Å². The summed E-state index contributed by atoms with van der Waals surface area (Å²) in [6.45, 7) is 3.90. The molecule has 2 aliphatic heterocycles. The van der Waals surface area contributed by atoms with Crippen LogP contribution in [0.3, 0.4) is 0 Å². The summed E-state index contributed by atoms with van der Waals surface area (Å²) in [6.07, 6.45) is -3.67. The Bertz CT molecular complexity index is 547.